The largest absolute Gasteiger partial charge is 0.495 e. The third-order valence-electron chi connectivity index (χ3n) is 4.01. The van der Waals surface area contributed by atoms with Crippen LogP contribution in [0.3, 0.4) is 0 Å². The minimum absolute atomic E-state index is 0.0729. The normalized spacial score (nSPS) is 10.2. The minimum Gasteiger partial charge on any atom is -0.495 e. The number of methoxy groups -OCH3 is 3. The minimum atomic E-state index is -1.07. The average Bonchev–Trinajstić information content (AvgIpc) is 2.73. The highest BCUT2D eigenvalue weighted by Gasteiger charge is 2.26. The first-order valence-corrected chi connectivity index (χ1v) is 8.81. The van der Waals surface area contributed by atoms with Crippen LogP contribution in [0.2, 0.25) is 5.02 Å². The molecule has 0 aliphatic heterocycles. The molecule has 0 spiro atoms. The van der Waals surface area contributed by atoms with Gasteiger partial charge in [-0.25, -0.2) is 4.79 Å². The summed E-state index contributed by atoms with van der Waals surface area (Å²) in [5.74, 6) is -1.26. The van der Waals surface area contributed by atoms with Crippen molar-refractivity contribution >= 4 is 34.9 Å². The number of nitro benzene ring substituents is 1. The van der Waals surface area contributed by atoms with Gasteiger partial charge in [0.05, 0.1) is 38.0 Å². The lowest BCUT2D eigenvalue weighted by Gasteiger charge is -2.13. The summed E-state index contributed by atoms with van der Waals surface area (Å²) in [6, 6.07) is 5.28. The number of esters is 1. The highest BCUT2D eigenvalue weighted by atomic mass is 35.5. The second kappa shape index (κ2) is 9.79. The Labute approximate surface area is 176 Å². The van der Waals surface area contributed by atoms with Crippen LogP contribution in [0.15, 0.2) is 24.3 Å². The molecule has 0 aromatic heterocycles. The quantitative estimate of drug-likeness (QED) is 0.377. The van der Waals surface area contributed by atoms with Crippen molar-refractivity contribution in [2.45, 2.75) is 6.92 Å². The molecule has 2 aromatic rings. The molecule has 0 fully saturated rings. The molecule has 1 amide bonds. The maximum Gasteiger partial charge on any atom is 0.345 e. The molecule has 11 heteroatoms. The van der Waals surface area contributed by atoms with E-state index in [9.17, 15) is 19.7 Å². The summed E-state index contributed by atoms with van der Waals surface area (Å²) < 4.78 is 20.1. The standard InChI is InChI=1S/C19H19ClN2O8/c1-10-5-13(15(27-2)7-12(10)20)21-18(23)9-30-19(24)11-6-16(28-3)17(29-4)8-14(11)22(25)26/h5-8H,9H2,1-4H3,(H,21,23). The van der Waals surface area contributed by atoms with Crippen LogP contribution in [-0.2, 0) is 9.53 Å². The van der Waals surface area contributed by atoms with Crippen molar-refractivity contribution in [3.8, 4) is 17.2 Å². The zero-order valence-corrected chi connectivity index (χ0v) is 17.4. The highest BCUT2D eigenvalue weighted by molar-refractivity contribution is 6.31. The molecule has 0 unspecified atom stereocenters. The van der Waals surface area contributed by atoms with E-state index in [1.165, 1.54) is 27.4 Å². The van der Waals surface area contributed by atoms with E-state index in [0.717, 1.165) is 12.1 Å². The number of halogens is 1. The van der Waals surface area contributed by atoms with Crippen molar-refractivity contribution < 1.29 is 33.5 Å². The Kier molecular flexibility index (Phi) is 7.43. The molecule has 0 bridgehead atoms. The lowest BCUT2D eigenvalue weighted by atomic mass is 10.1. The lowest BCUT2D eigenvalue weighted by molar-refractivity contribution is -0.385. The first-order valence-electron chi connectivity index (χ1n) is 8.43. The second-order valence-electron chi connectivity index (χ2n) is 5.91. The first kappa shape index (κ1) is 22.8. The molecular formula is C19H19ClN2O8. The molecule has 160 valence electrons. The van der Waals surface area contributed by atoms with Crippen LogP contribution in [0, 0.1) is 17.0 Å². The van der Waals surface area contributed by atoms with Crippen molar-refractivity contribution in [1.29, 1.82) is 0 Å². The molecule has 30 heavy (non-hydrogen) atoms. The summed E-state index contributed by atoms with van der Waals surface area (Å²) in [4.78, 5) is 35.1. The number of aryl methyl sites for hydroxylation is 1. The first-order chi connectivity index (χ1) is 14.2. The maximum absolute atomic E-state index is 12.4. The summed E-state index contributed by atoms with van der Waals surface area (Å²) >= 11 is 6.02. The van der Waals surface area contributed by atoms with Crippen molar-refractivity contribution in [3.63, 3.8) is 0 Å². The number of anilines is 1. The predicted molar refractivity (Wildman–Crippen MR) is 108 cm³/mol. The number of nitrogens with one attached hydrogen (secondary N) is 1. The fourth-order valence-electron chi connectivity index (χ4n) is 2.51. The van der Waals surface area contributed by atoms with Gasteiger partial charge in [0.2, 0.25) is 0 Å². The Bertz CT molecular complexity index is 993. The number of carbonyl (C=O) groups excluding carboxylic acids is 2. The number of ether oxygens (including phenoxy) is 4. The number of carbonyl (C=O) groups is 2. The monoisotopic (exact) mass is 438 g/mol. The molecule has 0 radical (unpaired) electrons. The Morgan fingerprint density at radius 3 is 2.20 bits per heavy atom. The van der Waals surface area contributed by atoms with E-state index in [4.69, 9.17) is 30.5 Å². The predicted octanol–water partition coefficient (Wildman–Crippen LogP) is 3.38. The fourth-order valence-corrected chi connectivity index (χ4v) is 2.66. The molecule has 0 aliphatic carbocycles. The van der Waals surface area contributed by atoms with Gasteiger partial charge in [-0.05, 0) is 18.6 Å². The fraction of sp³-hybridized carbons (Fsp3) is 0.263. The van der Waals surface area contributed by atoms with E-state index < -0.39 is 29.1 Å². The molecule has 2 aromatic carbocycles. The highest BCUT2D eigenvalue weighted by Crippen LogP contribution is 2.35. The molecular weight excluding hydrogens is 420 g/mol. The van der Waals surface area contributed by atoms with Crippen molar-refractivity contribution in [1.82, 2.24) is 0 Å². The summed E-state index contributed by atoms with van der Waals surface area (Å²) in [5, 5.41) is 14.3. The number of rotatable bonds is 8. The molecule has 0 saturated carbocycles. The van der Waals surface area contributed by atoms with Crippen molar-refractivity contribution in [2.75, 3.05) is 33.3 Å². The van der Waals surface area contributed by atoms with E-state index in [1.807, 2.05) is 0 Å². The van der Waals surface area contributed by atoms with E-state index in [0.29, 0.717) is 22.0 Å². The van der Waals surface area contributed by atoms with Gasteiger partial charge < -0.3 is 24.3 Å². The molecule has 0 aliphatic rings. The van der Waals surface area contributed by atoms with Crippen molar-refractivity contribution in [2.24, 2.45) is 0 Å². The van der Waals surface area contributed by atoms with Gasteiger partial charge in [-0.15, -0.1) is 0 Å². The van der Waals surface area contributed by atoms with Crippen LogP contribution in [0.1, 0.15) is 15.9 Å². The van der Waals surface area contributed by atoms with Gasteiger partial charge in [0, 0.05) is 17.2 Å². The molecule has 10 nitrogen and oxygen atoms in total. The Hall–Kier alpha value is -3.53. The number of nitrogens with zero attached hydrogens (tertiary/aromatic N) is 1. The molecule has 2 rings (SSSR count). The van der Waals surface area contributed by atoms with E-state index in [1.54, 1.807) is 13.0 Å². The zero-order chi connectivity index (χ0) is 22.4. The Morgan fingerprint density at radius 2 is 1.63 bits per heavy atom. The van der Waals surface area contributed by atoms with Gasteiger partial charge in [0.15, 0.2) is 18.1 Å². The smallest absolute Gasteiger partial charge is 0.345 e. The zero-order valence-electron chi connectivity index (χ0n) is 16.6. The topological polar surface area (TPSA) is 126 Å². The molecule has 0 heterocycles. The molecule has 0 atom stereocenters. The number of hydrogen-bond acceptors (Lipinski definition) is 8. The van der Waals surface area contributed by atoms with Crippen molar-refractivity contribution in [3.05, 3.63) is 50.5 Å². The number of hydrogen-bond donors (Lipinski definition) is 1. The summed E-state index contributed by atoms with van der Waals surface area (Å²) in [7, 11) is 4.03. The molecule has 1 N–H and O–H groups in total. The third-order valence-corrected chi connectivity index (χ3v) is 4.41. The number of benzene rings is 2. The summed E-state index contributed by atoms with van der Waals surface area (Å²) in [6.07, 6.45) is 0. The van der Waals surface area contributed by atoms with E-state index >= 15 is 0 Å². The Morgan fingerprint density at radius 1 is 1.03 bits per heavy atom. The lowest BCUT2D eigenvalue weighted by Crippen LogP contribution is -2.21. The van der Waals surface area contributed by atoms with E-state index in [-0.39, 0.29) is 17.1 Å². The van der Waals surface area contributed by atoms with Crippen LogP contribution in [0.4, 0.5) is 11.4 Å². The molecule has 0 saturated heterocycles. The van der Waals surface area contributed by atoms with Gasteiger partial charge in [-0.2, -0.15) is 0 Å². The van der Waals surface area contributed by atoms with Gasteiger partial charge in [-0.1, -0.05) is 11.6 Å². The van der Waals surface area contributed by atoms with Crippen LogP contribution >= 0.6 is 11.6 Å². The van der Waals surface area contributed by atoms with Crippen LogP contribution < -0.4 is 19.5 Å². The average molecular weight is 439 g/mol. The van der Waals surface area contributed by atoms with Gasteiger partial charge in [-0.3, -0.25) is 14.9 Å². The third kappa shape index (κ3) is 5.09. The van der Waals surface area contributed by atoms with Gasteiger partial charge in [0.1, 0.15) is 11.3 Å². The van der Waals surface area contributed by atoms with Gasteiger partial charge in [0.25, 0.3) is 11.6 Å². The van der Waals surface area contributed by atoms with Crippen LogP contribution in [0.5, 0.6) is 17.2 Å². The number of nitro groups is 1. The summed E-state index contributed by atoms with van der Waals surface area (Å²) in [6.45, 7) is 1.06. The second-order valence-corrected chi connectivity index (χ2v) is 6.31. The number of amides is 1. The Balaban J connectivity index is 2.17. The maximum atomic E-state index is 12.4. The SMILES string of the molecule is COc1cc(Cl)c(C)cc1NC(=O)COC(=O)c1cc(OC)c(OC)cc1[N+](=O)[O-]. The van der Waals surface area contributed by atoms with Crippen LogP contribution in [0.25, 0.3) is 0 Å². The van der Waals surface area contributed by atoms with E-state index in [2.05, 4.69) is 5.32 Å². The van der Waals surface area contributed by atoms with Crippen LogP contribution in [-0.4, -0.2) is 44.7 Å². The summed E-state index contributed by atoms with van der Waals surface area (Å²) in [5.41, 5.74) is 0.0988. The van der Waals surface area contributed by atoms with Gasteiger partial charge >= 0.3 is 5.97 Å².